The second-order valence-corrected chi connectivity index (χ2v) is 8.03. The average molecular weight is 379 g/mol. The molecule has 3 aromatic rings. The molecular weight excluding hydrogens is 358 g/mol. The normalized spacial score (nSPS) is 16.9. The number of benzene rings is 2. The van der Waals surface area contributed by atoms with Crippen molar-refractivity contribution >= 4 is 44.7 Å². The van der Waals surface area contributed by atoms with Crippen LogP contribution < -0.4 is 10.2 Å². The molecule has 138 valence electrons. The van der Waals surface area contributed by atoms with E-state index in [-0.39, 0.29) is 24.2 Å². The third-order valence-electron chi connectivity index (χ3n) is 4.94. The van der Waals surface area contributed by atoms with Gasteiger partial charge in [-0.05, 0) is 43.2 Å². The Labute approximate surface area is 162 Å². The largest absolute Gasteiger partial charge is 0.326 e. The average Bonchev–Trinajstić information content (AvgIpc) is 3.23. The van der Waals surface area contributed by atoms with Crippen molar-refractivity contribution in [3.63, 3.8) is 0 Å². The van der Waals surface area contributed by atoms with Crippen LogP contribution in [0.3, 0.4) is 0 Å². The zero-order valence-electron chi connectivity index (χ0n) is 15.4. The predicted octanol–water partition coefficient (Wildman–Crippen LogP) is 4.16. The van der Waals surface area contributed by atoms with Crippen molar-refractivity contribution in [2.24, 2.45) is 5.92 Å². The molecular formula is C21H21N3O2S. The van der Waals surface area contributed by atoms with E-state index in [0.29, 0.717) is 6.54 Å². The third kappa shape index (κ3) is 3.45. The van der Waals surface area contributed by atoms with Gasteiger partial charge >= 0.3 is 0 Å². The van der Waals surface area contributed by atoms with Crippen LogP contribution in [-0.4, -0.2) is 23.3 Å². The first-order chi connectivity index (χ1) is 13.0. The summed E-state index contributed by atoms with van der Waals surface area (Å²) in [5, 5.41) is 4.00. The SMILES string of the molecule is CCc1ccccc1NC(=O)C1CC(=O)N(c2ccc3sc(C)nc3c2)C1. The van der Waals surface area contributed by atoms with Gasteiger partial charge in [-0.3, -0.25) is 9.59 Å². The van der Waals surface area contributed by atoms with Crippen LogP contribution in [0.1, 0.15) is 23.9 Å². The molecule has 2 amide bonds. The van der Waals surface area contributed by atoms with E-state index >= 15 is 0 Å². The first-order valence-corrected chi connectivity index (χ1v) is 9.93. The number of carbonyl (C=O) groups is 2. The van der Waals surface area contributed by atoms with E-state index in [9.17, 15) is 9.59 Å². The molecule has 4 rings (SSSR count). The van der Waals surface area contributed by atoms with Gasteiger partial charge in [0.25, 0.3) is 0 Å². The van der Waals surface area contributed by atoms with Crippen molar-refractivity contribution in [3.05, 3.63) is 53.0 Å². The van der Waals surface area contributed by atoms with Gasteiger partial charge < -0.3 is 10.2 Å². The number of fused-ring (bicyclic) bond motifs is 1. The lowest BCUT2D eigenvalue weighted by molar-refractivity contribution is -0.122. The van der Waals surface area contributed by atoms with Gasteiger partial charge in [0.05, 0.1) is 21.1 Å². The number of aromatic nitrogens is 1. The molecule has 1 atom stereocenters. The van der Waals surface area contributed by atoms with E-state index in [1.165, 1.54) is 0 Å². The number of anilines is 2. The minimum absolute atomic E-state index is 0.0229. The monoisotopic (exact) mass is 379 g/mol. The minimum Gasteiger partial charge on any atom is -0.326 e. The van der Waals surface area contributed by atoms with Crippen molar-refractivity contribution in [2.75, 3.05) is 16.8 Å². The number of para-hydroxylation sites is 1. The molecule has 0 aliphatic carbocycles. The highest BCUT2D eigenvalue weighted by Gasteiger charge is 2.35. The number of aryl methyl sites for hydroxylation is 2. The zero-order chi connectivity index (χ0) is 19.0. The minimum atomic E-state index is -0.352. The molecule has 1 fully saturated rings. The summed E-state index contributed by atoms with van der Waals surface area (Å²) < 4.78 is 1.10. The number of hydrogen-bond donors (Lipinski definition) is 1. The zero-order valence-corrected chi connectivity index (χ0v) is 16.2. The molecule has 6 heteroatoms. The fourth-order valence-corrected chi connectivity index (χ4v) is 4.32. The Bertz CT molecular complexity index is 1030. The Kier molecular flexibility index (Phi) is 4.66. The standard InChI is InChI=1S/C21H21N3O2S/c1-3-14-6-4-5-7-17(14)23-21(26)15-10-20(25)24(12-15)16-8-9-19-18(11-16)22-13(2)27-19/h4-9,11,15H,3,10,12H2,1-2H3,(H,23,26). The number of amides is 2. The van der Waals surface area contributed by atoms with Crippen LogP contribution >= 0.6 is 11.3 Å². The topological polar surface area (TPSA) is 62.3 Å². The Morgan fingerprint density at radius 1 is 1.30 bits per heavy atom. The van der Waals surface area contributed by atoms with Crippen LogP contribution in [-0.2, 0) is 16.0 Å². The summed E-state index contributed by atoms with van der Waals surface area (Å²) in [5.41, 5.74) is 3.63. The first kappa shape index (κ1) is 17.7. The Morgan fingerprint density at radius 2 is 2.11 bits per heavy atom. The molecule has 1 unspecified atom stereocenters. The Balaban J connectivity index is 1.51. The van der Waals surface area contributed by atoms with E-state index in [2.05, 4.69) is 17.2 Å². The van der Waals surface area contributed by atoms with Gasteiger partial charge in [0.1, 0.15) is 0 Å². The first-order valence-electron chi connectivity index (χ1n) is 9.11. The number of thiazole rings is 1. The van der Waals surface area contributed by atoms with Crippen molar-refractivity contribution in [1.29, 1.82) is 0 Å². The Morgan fingerprint density at radius 3 is 2.93 bits per heavy atom. The summed E-state index contributed by atoms with van der Waals surface area (Å²) in [6.07, 6.45) is 1.08. The molecule has 0 radical (unpaired) electrons. The highest BCUT2D eigenvalue weighted by molar-refractivity contribution is 7.18. The summed E-state index contributed by atoms with van der Waals surface area (Å²) in [5.74, 6) is -0.474. The maximum atomic E-state index is 12.7. The predicted molar refractivity (Wildman–Crippen MR) is 109 cm³/mol. The lowest BCUT2D eigenvalue weighted by atomic mass is 10.1. The van der Waals surface area contributed by atoms with Crippen molar-refractivity contribution in [1.82, 2.24) is 4.98 Å². The molecule has 1 aromatic heterocycles. The van der Waals surface area contributed by atoms with Crippen LogP contribution in [0.2, 0.25) is 0 Å². The van der Waals surface area contributed by atoms with Crippen molar-refractivity contribution < 1.29 is 9.59 Å². The summed E-state index contributed by atoms with van der Waals surface area (Å²) in [6.45, 7) is 4.43. The highest BCUT2D eigenvalue weighted by atomic mass is 32.1. The molecule has 27 heavy (non-hydrogen) atoms. The van der Waals surface area contributed by atoms with Gasteiger partial charge in [-0.2, -0.15) is 0 Å². The van der Waals surface area contributed by atoms with Gasteiger partial charge in [-0.25, -0.2) is 4.98 Å². The van der Waals surface area contributed by atoms with Crippen LogP contribution in [0.4, 0.5) is 11.4 Å². The number of carbonyl (C=O) groups excluding carboxylic acids is 2. The van der Waals surface area contributed by atoms with Gasteiger partial charge in [-0.1, -0.05) is 25.1 Å². The lowest BCUT2D eigenvalue weighted by Gasteiger charge is -2.17. The van der Waals surface area contributed by atoms with Gasteiger partial charge in [0.15, 0.2) is 0 Å². The van der Waals surface area contributed by atoms with Gasteiger partial charge in [0.2, 0.25) is 11.8 Å². The fourth-order valence-electron chi connectivity index (χ4n) is 3.52. The molecule has 1 N–H and O–H groups in total. The Hall–Kier alpha value is -2.73. The highest BCUT2D eigenvalue weighted by Crippen LogP contribution is 2.30. The van der Waals surface area contributed by atoms with E-state index < -0.39 is 0 Å². The van der Waals surface area contributed by atoms with E-state index in [1.54, 1.807) is 16.2 Å². The molecule has 2 heterocycles. The molecule has 0 saturated carbocycles. The molecule has 1 aliphatic rings. The number of rotatable bonds is 4. The van der Waals surface area contributed by atoms with Crippen LogP contribution in [0.15, 0.2) is 42.5 Å². The number of nitrogens with zero attached hydrogens (tertiary/aromatic N) is 2. The molecule has 5 nitrogen and oxygen atoms in total. The quantitative estimate of drug-likeness (QED) is 0.740. The summed E-state index contributed by atoms with van der Waals surface area (Å²) >= 11 is 1.64. The summed E-state index contributed by atoms with van der Waals surface area (Å²) in [6, 6.07) is 13.6. The maximum absolute atomic E-state index is 12.7. The number of hydrogen-bond acceptors (Lipinski definition) is 4. The summed E-state index contributed by atoms with van der Waals surface area (Å²) in [4.78, 5) is 31.5. The van der Waals surface area contributed by atoms with E-state index in [4.69, 9.17) is 0 Å². The molecule has 1 saturated heterocycles. The molecule has 2 aromatic carbocycles. The van der Waals surface area contributed by atoms with Crippen molar-refractivity contribution in [3.8, 4) is 0 Å². The number of nitrogens with one attached hydrogen (secondary N) is 1. The van der Waals surface area contributed by atoms with Crippen LogP contribution in [0, 0.1) is 12.8 Å². The molecule has 0 bridgehead atoms. The second-order valence-electron chi connectivity index (χ2n) is 6.79. The fraction of sp³-hybridized carbons (Fsp3) is 0.286. The van der Waals surface area contributed by atoms with E-state index in [1.807, 2.05) is 49.4 Å². The van der Waals surface area contributed by atoms with Gasteiger partial charge in [-0.15, -0.1) is 11.3 Å². The summed E-state index contributed by atoms with van der Waals surface area (Å²) in [7, 11) is 0. The smallest absolute Gasteiger partial charge is 0.229 e. The van der Waals surface area contributed by atoms with Gasteiger partial charge in [0, 0.05) is 24.3 Å². The van der Waals surface area contributed by atoms with Crippen molar-refractivity contribution in [2.45, 2.75) is 26.7 Å². The van der Waals surface area contributed by atoms with Crippen LogP contribution in [0.5, 0.6) is 0 Å². The second kappa shape index (κ2) is 7.12. The lowest BCUT2D eigenvalue weighted by Crippen LogP contribution is -2.28. The molecule has 0 spiro atoms. The third-order valence-corrected chi connectivity index (χ3v) is 5.89. The maximum Gasteiger partial charge on any atom is 0.229 e. The van der Waals surface area contributed by atoms with E-state index in [0.717, 1.165) is 38.6 Å². The molecule has 1 aliphatic heterocycles. The van der Waals surface area contributed by atoms with Crippen LogP contribution in [0.25, 0.3) is 10.2 Å².